The number of ether oxygens (including phenoxy) is 4. The lowest BCUT2D eigenvalue weighted by Gasteiger charge is -2.24. The highest BCUT2D eigenvalue weighted by atomic mass is 16.5. The van der Waals surface area contributed by atoms with E-state index in [0.29, 0.717) is 33.0 Å². The Morgan fingerprint density at radius 3 is 2.17 bits per heavy atom. The molecule has 0 bridgehead atoms. The minimum Gasteiger partial charge on any atom is -0.382 e. The van der Waals surface area contributed by atoms with Gasteiger partial charge in [0, 0.05) is 26.8 Å². The number of hydrogen-bond acceptors (Lipinski definition) is 5. The first-order valence-electron chi connectivity index (χ1n) is 6.61. The summed E-state index contributed by atoms with van der Waals surface area (Å²) in [4.78, 5) is 0. The van der Waals surface area contributed by atoms with Crippen molar-refractivity contribution in [2.24, 2.45) is 0 Å². The predicted molar refractivity (Wildman–Crippen MR) is 72.1 cm³/mol. The zero-order valence-electron chi connectivity index (χ0n) is 12.3. The van der Waals surface area contributed by atoms with E-state index in [4.69, 9.17) is 18.9 Å². The summed E-state index contributed by atoms with van der Waals surface area (Å²) < 4.78 is 21.1. The van der Waals surface area contributed by atoms with Crippen LogP contribution in [0.3, 0.4) is 0 Å². The van der Waals surface area contributed by atoms with E-state index in [9.17, 15) is 0 Å². The van der Waals surface area contributed by atoms with E-state index >= 15 is 0 Å². The average molecular weight is 263 g/mol. The average Bonchev–Trinajstić information content (AvgIpc) is 2.31. The van der Waals surface area contributed by atoms with Crippen molar-refractivity contribution in [3.8, 4) is 0 Å². The van der Waals surface area contributed by atoms with Crippen LogP contribution in [0.4, 0.5) is 0 Å². The SMILES string of the molecule is CCOC(C)(C)CNCCOCCOCCOC. The Bertz CT molecular complexity index is 176. The van der Waals surface area contributed by atoms with E-state index in [1.807, 2.05) is 6.92 Å². The number of hydrogen-bond donors (Lipinski definition) is 1. The number of methoxy groups -OCH3 is 1. The fourth-order valence-electron chi connectivity index (χ4n) is 1.44. The summed E-state index contributed by atoms with van der Waals surface area (Å²) in [6.45, 7) is 11.8. The normalized spacial score (nSPS) is 12.0. The topological polar surface area (TPSA) is 49.0 Å². The monoisotopic (exact) mass is 263 g/mol. The number of nitrogens with one attached hydrogen (secondary N) is 1. The van der Waals surface area contributed by atoms with Gasteiger partial charge in [0.1, 0.15) is 0 Å². The van der Waals surface area contributed by atoms with Gasteiger partial charge in [-0.05, 0) is 20.8 Å². The first kappa shape index (κ1) is 17.8. The molecule has 0 radical (unpaired) electrons. The van der Waals surface area contributed by atoms with E-state index in [1.54, 1.807) is 7.11 Å². The Labute approximate surface area is 111 Å². The van der Waals surface area contributed by atoms with Crippen LogP contribution in [0.5, 0.6) is 0 Å². The Morgan fingerprint density at radius 1 is 0.944 bits per heavy atom. The van der Waals surface area contributed by atoms with Crippen molar-refractivity contribution in [1.29, 1.82) is 0 Å². The predicted octanol–water partition coefficient (Wildman–Crippen LogP) is 1.07. The summed E-state index contributed by atoms with van der Waals surface area (Å²) in [7, 11) is 1.66. The summed E-state index contributed by atoms with van der Waals surface area (Å²) in [5.74, 6) is 0. The molecule has 18 heavy (non-hydrogen) atoms. The molecule has 0 atom stereocenters. The van der Waals surface area contributed by atoms with Gasteiger partial charge in [-0.25, -0.2) is 0 Å². The smallest absolute Gasteiger partial charge is 0.0750 e. The molecule has 0 amide bonds. The highest BCUT2D eigenvalue weighted by molar-refractivity contribution is 4.71. The largest absolute Gasteiger partial charge is 0.382 e. The van der Waals surface area contributed by atoms with Crippen LogP contribution in [0.1, 0.15) is 20.8 Å². The van der Waals surface area contributed by atoms with Crippen molar-refractivity contribution in [3.05, 3.63) is 0 Å². The molecule has 5 heteroatoms. The molecule has 0 heterocycles. The molecule has 0 saturated heterocycles. The quantitative estimate of drug-likeness (QED) is 0.504. The standard InChI is InChI=1S/C13H29NO4/c1-5-18-13(2,3)12-14-6-7-16-10-11-17-9-8-15-4/h14H,5-12H2,1-4H3. The van der Waals surface area contributed by atoms with Crippen LogP contribution < -0.4 is 5.32 Å². The Hall–Kier alpha value is -0.200. The maximum absolute atomic E-state index is 5.58. The summed E-state index contributed by atoms with van der Waals surface area (Å²) in [5.41, 5.74) is -0.113. The summed E-state index contributed by atoms with van der Waals surface area (Å²) >= 11 is 0. The van der Waals surface area contributed by atoms with Gasteiger partial charge in [-0.3, -0.25) is 0 Å². The van der Waals surface area contributed by atoms with Crippen LogP contribution in [0.2, 0.25) is 0 Å². The van der Waals surface area contributed by atoms with Crippen LogP contribution >= 0.6 is 0 Å². The minimum atomic E-state index is -0.113. The molecule has 0 unspecified atom stereocenters. The van der Waals surface area contributed by atoms with E-state index < -0.39 is 0 Å². The maximum Gasteiger partial charge on any atom is 0.0750 e. The second kappa shape index (κ2) is 11.9. The lowest BCUT2D eigenvalue weighted by atomic mass is 10.1. The molecule has 0 fully saturated rings. The first-order valence-corrected chi connectivity index (χ1v) is 6.61. The second-order valence-corrected chi connectivity index (χ2v) is 4.59. The van der Waals surface area contributed by atoms with Gasteiger partial charge >= 0.3 is 0 Å². The zero-order valence-corrected chi connectivity index (χ0v) is 12.3. The molecule has 5 nitrogen and oxygen atoms in total. The van der Waals surface area contributed by atoms with Crippen LogP contribution in [0, 0.1) is 0 Å². The van der Waals surface area contributed by atoms with Gasteiger partial charge in [0.15, 0.2) is 0 Å². The Balaban J connectivity index is 3.16. The third-order valence-corrected chi connectivity index (χ3v) is 2.31. The van der Waals surface area contributed by atoms with E-state index in [1.165, 1.54) is 0 Å². The third kappa shape index (κ3) is 12.3. The fraction of sp³-hybridized carbons (Fsp3) is 1.00. The van der Waals surface area contributed by atoms with Crippen LogP contribution in [-0.4, -0.2) is 65.4 Å². The van der Waals surface area contributed by atoms with Gasteiger partial charge in [-0.2, -0.15) is 0 Å². The summed E-state index contributed by atoms with van der Waals surface area (Å²) in [5, 5.41) is 3.31. The Morgan fingerprint density at radius 2 is 1.56 bits per heavy atom. The molecule has 0 aliphatic carbocycles. The lowest BCUT2D eigenvalue weighted by molar-refractivity contribution is -0.0109. The lowest BCUT2D eigenvalue weighted by Crippen LogP contribution is -2.39. The third-order valence-electron chi connectivity index (χ3n) is 2.31. The fourth-order valence-corrected chi connectivity index (χ4v) is 1.44. The molecule has 0 spiro atoms. The van der Waals surface area contributed by atoms with Gasteiger partial charge in [0.25, 0.3) is 0 Å². The highest BCUT2D eigenvalue weighted by Gasteiger charge is 2.16. The summed E-state index contributed by atoms with van der Waals surface area (Å²) in [6.07, 6.45) is 0. The second-order valence-electron chi connectivity index (χ2n) is 4.59. The molecule has 1 N–H and O–H groups in total. The molecule has 0 aliphatic heterocycles. The molecular formula is C13H29NO4. The molecule has 0 aromatic rings. The molecule has 110 valence electrons. The molecule has 0 aromatic heterocycles. The van der Waals surface area contributed by atoms with Crippen LogP contribution in [0.15, 0.2) is 0 Å². The first-order chi connectivity index (χ1) is 8.62. The summed E-state index contributed by atoms with van der Waals surface area (Å²) in [6, 6.07) is 0. The van der Waals surface area contributed by atoms with Crippen LogP contribution in [0.25, 0.3) is 0 Å². The minimum absolute atomic E-state index is 0.113. The highest BCUT2D eigenvalue weighted by Crippen LogP contribution is 2.06. The van der Waals surface area contributed by atoms with Crippen molar-refractivity contribution >= 4 is 0 Å². The van der Waals surface area contributed by atoms with Crippen LogP contribution in [-0.2, 0) is 18.9 Å². The van der Waals surface area contributed by atoms with Crippen molar-refractivity contribution in [1.82, 2.24) is 5.32 Å². The molecule has 0 aromatic carbocycles. The van der Waals surface area contributed by atoms with Crippen molar-refractivity contribution < 1.29 is 18.9 Å². The van der Waals surface area contributed by atoms with Gasteiger partial charge in [-0.1, -0.05) is 0 Å². The zero-order chi connectivity index (χ0) is 13.7. The van der Waals surface area contributed by atoms with Gasteiger partial charge in [0.2, 0.25) is 0 Å². The maximum atomic E-state index is 5.58. The molecule has 0 aliphatic rings. The Kier molecular flexibility index (Phi) is 11.7. The van der Waals surface area contributed by atoms with Crippen molar-refractivity contribution in [2.45, 2.75) is 26.4 Å². The molecule has 0 rings (SSSR count). The number of rotatable bonds is 13. The van der Waals surface area contributed by atoms with Gasteiger partial charge in [-0.15, -0.1) is 0 Å². The molecule has 0 saturated carbocycles. The van der Waals surface area contributed by atoms with Gasteiger partial charge < -0.3 is 24.3 Å². The van der Waals surface area contributed by atoms with Gasteiger partial charge in [0.05, 0.1) is 38.6 Å². The van der Waals surface area contributed by atoms with Crippen molar-refractivity contribution in [3.63, 3.8) is 0 Å². The van der Waals surface area contributed by atoms with E-state index in [2.05, 4.69) is 19.2 Å². The van der Waals surface area contributed by atoms with E-state index in [0.717, 1.165) is 19.7 Å². The molecular weight excluding hydrogens is 234 g/mol. The van der Waals surface area contributed by atoms with E-state index in [-0.39, 0.29) is 5.60 Å². The van der Waals surface area contributed by atoms with Crippen molar-refractivity contribution in [2.75, 3.05) is 59.8 Å².